The molecule has 0 amide bonds. The van der Waals surface area contributed by atoms with E-state index in [9.17, 15) is 0 Å². The molecular formula is C31H70N8O. The van der Waals surface area contributed by atoms with Gasteiger partial charge in [-0.3, -0.25) is 0 Å². The third kappa shape index (κ3) is 23.2. The average molecular weight is 571 g/mol. The summed E-state index contributed by atoms with van der Waals surface area (Å²) in [6.07, 6.45) is 8.51. The fraction of sp³-hybridized carbons (Fsp3) is 1.00. The van der Waals surface area contributed by atoms with Crippen LogP contribution in [0.5, 0.6) is 0 Å². The topological polar surface area (TPSA) is 43.9 Å². The van der Waals surface area contributed by atoms with Gasteiger partial charge in [0.1, 0.15) is 0 Å². The quantitative estimate of drug-likeness (QED) is 0.467. The molecule has 0 unspecified atom stereocenters. The molecule has 0 aliphatic carbocycles. The number of piperazine rings is 2. The van der Waals surface area contributed by atoms with Gasteiger partial charge in [0.25, 0.3) is 0 Å². The first kappa shape index (κ1) is 37.7. The van der Waals surface area contributed by atoms with Crippen LogP contribution in [0.3, 0.4) is 0 Å². The van der Waals surface area contributed by atoms with Crippen molar-refractivity contribution in [3.05, 3.63) is 0 Å². The number of morpholine rings is 1. The third-order valence-corrected chi connectivity index (χ3v) is 8.29. The molecule has 6 aliphatic rings. The van der Waals surface area contributed by atoms with E-state index in [1.165, 1.54) is 117 Å². The van der Waals surface area contributed by atoms with Gasteiger partial charge in [0, 0.05) is 65.4 Å². The number of nitrogens with one attached hydrogen (secondary N) is 1. The smallest absolute Gasteiger partial charge is 0.0594 e. The molecule has 0 aromatic carbocycles. The van der Waals surface area contributed by atoms with Crippen molar-refractivity contribution in [3.63, 3.8) is 0 Å². The highest BCUT2D eigenvalue weighted by atomic mass is 16.5. The fourth-order valence-corrected chi connectivity index (χ4v) is 4.74. The third-order valence-electron chi connectivity index (χ3n) is 8.29. The number of likely N-dealkylation sites (tertiary alicyclic amines) is 3. The molecule has 6 rings (SSSR count). The summed E-state index contributed by atoms with van der Waals surface area (Å²) in [7, 11) is 15.1. The highest BCUT2D eigenvalue weighted by molar-refractivity contribution is 4.65. The summed E-state index contributed by atoms with van der Waals surface area (Å²) in [5.74, 6) is 0. The van der Waals surface area contributed by atoms with Gasteiger partial charge in [-0.25, -0.2) is 0 Å². The van der Waals surface area contributed by atoms with E-state index in [-0.39, 0.29) is 0 Å². The average Bonchev–Trinajstić information content (AvgIpc) is 3.43. The second kappa shape index (κ2) is 25.2. The highest BCUT2D eigenvalue weighted by Gasteiger charge is 2.08. The molecule has 6 fully saturated rings. The predicted molar refractivity (Wildman–Crippen MR) is 174 cm³/mol. The first-order valence-electron chi connectivity index (χ1n) is 16.3. The lowest BCUT2D eigenvalue weighted by atomic mass is 10.1. The van der Waals surface area contributed by atoms with Crippen molar-refractivity contribution in [2.24, 2.45) is 0 Å². The van der Waals surface area contributed by atoms with Crippen LogP contribution in [-0.4, -0.2) is 202 Å². The second-order valence-electron chi connectivity index (χ2n) is 12.6. The lowest BCUT2D eigenvalue weighted by Crippen LogP contribution is -2.42. The van der Waals surface area contributed by atoms with Gasteiger partial charge in [-0.15, -0.1) is 0 Å². The van der Waals surface area contributed by atoms with Crippen molar-refractivity contribution >= 4 is 0 Å². The number of nitrogens with zero attached hydrogens (tertiary/aromatic N) is 7. The van der Waals surface area contributed by atoms with Gasteiger partial charge in [0.05, 0.1) is 13.2 Å². The highest BCUT2D eigenvalue weighted by Crippen LogP contribution is 2.04. The molecule has 40 heavy (non-hydrogen) atoms. The van der Waals surface area contributed by atoms with Crippen LogP contribution >= 0.6 is 0 Å². The largest absolute Gasteiger partial charge is 0.379 e. The van der Waals surface area contributed by atoms with Crippen molar-refractivity contribution in [1.82, 2.24) is 39.6 Å². The van der Waals surface area contributed by atoms with Crippen LogP contribution in [-0.2, 0) is 4.74 Å². The Morgan fingerprint density at radius 3 is 0.825 bits per heavy atom. The lowest BCUT2D eigenvalue weighted by molar-refractivity contribution is 0.0503. The van der Waals surface area contributed by atoms with Gasteiger partial charge in [-0.05, 0) is 121 Å². The lowest BCUT2D eigenvalue weighted by Gasteiger charge is -2.28. The zero-order valence-corrected chi connectivity index (χ0v) is 28.0. The molecule has 6 aliphatic heterocycles. The summed E-state index contributed by atoms with van der Waals surface area (Å²) in [5.41, 5.74) is 0. The van der Waals surface area contributed by atoms with E-state index in [4.69, 9.17) is 4.74 Å². The predicted octanol–water partition coefficient (Wildman–Crippen LogP) is 1.47. The maximum absolute atomic E-state index is 5.10. The standard InChI is InChI=1S/C6H14N2.C6H13N.C5H12N2.C5H11NO.C5H11N.C4H9N/c1-7-3-5-8(2)6-4-7;1-7-5-3-2-4-6-7;1-7-4-2-6-3-5-7;1-6-2-4-7-5-3-6;1-6-4-2-3-5-6;1-5-3-2-4-5/h3-6H2,1-2H3;2-6H2,1H3;6H,2-5H2,1H3;2-5H2,1H3;2-5H2,1H3;2-4H2,1H3. The number of ether oxygens (including phenoxy) is 1. The van der Waals surface area contributed by atoms with E-state index in [1.807, 2.05) is 0 Å². The van der Waals surface area contributed by atoms with Crippen LogP contribution in [0.1, 0.15) is 38.5 Å². The van der Waals surface area contributed by atoms with Crippen LogP contribution < -0.4 is 5.32 Å². The summed E-state index contributed by atoms with van der Waals surface area (Å²) in [6, 6.07) is 0. The zero-order chi connectivity index (χ0) is 29.4. The van der Waals surface area contributed by atoms with Crippen LogP contribution in [0.2, 0.25) is 0 Å². The Balaban J connectivity index is 0.000000241. The Labute approximate surface area is 250 Å². The summed E-state index contributed by atoms with van der Waals surface area (Å²) in [6.45, 7) is 21.6. The number of piperidine rings is 1. The minimum atomic E-state index is 0.913. The number of hydrogen-bond donors (Lipinski definition) is 1. The molecule has 0 aromatic heterocycles. The maximum atomic E-state index is 5.10. The normalized spacial score (nSPS) is 25.6. The summed E-state index contributed by atoms with van der Waals surface area (Å²) < 4.78 is 5.10. The molecule has 240 valence electrons. The Hall–Kier alpha value is -0.360. The summed E-state index contributed by atoms with van der Waals surface area (Å²) >= 11 is 0. The molecule has 0 radical (unpaired) electrons. The van der Waals surface area contributed by atoms with Crippen LogP contribution in [0.25, 0.3) is 0 Å². The van der Waals surface area contributed by atoms with Gasteiger partial charge in [0.2, 0.25) is 0 Å². The molecule has 9 nitrogen and oxygen atoms in total. The van der Waals surface area contributed by atoms with E-state index in [0.29, 0.717) is 0 Å². The van der Waals surface area contributed by atoms with Gasteiger partial charge in [-0.2, -0.15) is 0 Å². The van der Waals surface area contributed by atoms with Crippen LogP contribution in [0.4, 0.5) is 0 Å². The SMILES string of the molecule is CN1CCC1.CN1CCCC1.CN1CCCCC1.CN1CCN(C)CC1.CN1CCNCC1.CN1CCOCC1. The van der Waals surface area contributed by atoms with Gasteiger partial charge >= 0.3 is 0 Å². The second-order valence-corrected chi connectivity index (χ2v) is 12.6. The Kier molecular flexibility index (Phi) is 23.7. The molecule has 0 aromatic rings. The number of rotatable bonds is 0. The molecule has 0 spiro atoms. The molecule has 0 bridgehead atoms. The van der Waals surface area contributed by atoms with E-state index in [0.717, 1.165) is 39.4 Å². The minimum absolute atomic E-state index is 0.913. The molecule has 6 saturated heterocycles. The zero-order valence-electron chi connectivity index (χ0n) is 28.0. The molecule has 9 heteroatoms. The first-order valence-corrected chi connectivity index (χ1v) is 16.3. The monoisotopic (exact) mass is 571 g/mol. The number of hydrogen-bond acceptors (Lipinski definition) is 9. The Morgan fingerprint density at radius 1 is 0.325 bits per heavy atom. The molecular weight excluding hydrogens is 500 g/mol. The fourth-order valence-electron chi connectivity index (χ4n) is 4.74. The van der Waals surface area contributed by atoms with Gasteiger partial charge in [0.15, 0.2) is 0 Å². The van der Waals surface area contributed by atoms with Gasteiger partial charge in [-0.1, -0.05) is 6.42 Å². The van der Waals surface area contributed by atoms with Crippen LogP contribution in [0.15, 0.2) is 0 Å². The molecule has 0 atom stereocenters. The van der Waals surface area contributed by atoms with E-state index < -0.39 is 0 Å². The van der Waals surface area contributed by atoms with Crippen molar-refractivity contribution < 1.29 is 4.74 Å². The molecule has 1 N–H and O–H groups in total. The van der Waals surface area contributed by atoms with Gasteiger partial charge < -0.3 is 44.4 Å². The maximum Gasteiger partial charge on any atom is 0.0594 e. The van der Waals surface area contributed by atoms with E-state index >= 15 is 0 Å². The minimum Gasteiger partial charge on any atom is -0.379 e. The van der Waals surface area contributed by atoms with E-state index in [1.54, 1.807) is 0 Å². The van der Waals surface area contributed by atoms with Crippen molar-refractivity contribution in [3.8, 4) is 0 Å². The van der Waals surface area contributed by atoms with Crippen molar-refractivity contribution in [1.29, 1.82) is 0 Å². The first-order chi connectivity index (χ1) is 19.3. The number of likely N-dealkylation sites (N-methyl/N-ethyl adjacent to an activating group) is 4. The molecule has 6 heterocycles. The van der Waals surface area contributed by atoms with E-state index in [2.05, 4.69) is 88.9 Å². The van der Waals surface area contributed by atoms with Crippen molar-refractivity contribution in [2.45, 2.75) is 38.5 Å². The summed E-state index contributed by atoms with van der Waals surface area (Å²) in [4.78, 5) is 16.4. The molecule has 0 saturated carbocycles. The summed E-state index contributed by atoms with van der Waals surface area (Å²) in [5, 5.41) is 3.27. The van der Waals surface area contributed by atoms with Crippen LogP contribution in [0, 0.1) is 0 Å². The Bertz CT molecular complexity index is 473. The Morgan fingerprint density at radius 2 is 0.625 bits per heavy atom. The van der Waals surface area contributed by atoms with Crippen molar-refractivity contribution in [2.75, 3.05) is 167 Å².